The van der Waals surface area contributed by atoms with Crippen LogP contribution in [0.5, 0.6) is 0 Å². The maximum atomic E-state index is 4.97. The molecule has 8 nitrogen and oxygen atoms in total. The molecule has 1 aliphatic heterocycles. The zero-order valence-electron chi connectivity index (χ0n) is 18.8. The number of hydrogen-bond donors (Lipinski definition) is 2. The van der Waals surface area contributed by atoms with E-state index in [1.807, 2.05) is 55.8 Å². The molecule has 5 aromatic heterocycles. The molecule has 0 spiro atoms. The van der Waals surface area contributed by atoms with E-state index in [0.29, 0.717) is 0 Å². The Kier molecular flexibility index (Phi) is 4.71. The highest BCUT2D eigenvalue weighted by molar-refractivity contribution is 5.98. The Hall–Kier alpha value is -3.94. The van der Waals surface area contributed by atoms with Crippen LogP contribution in [0.15, 0.2) is 48.9 Å². The van der Waals surface area contributed by atoms with Gasteiger partial charge in [-0.15, -0.1) is 0 Å². The first-order chi connectivity index (χ1) is 16.2. The summed E-state index contributed by atoms with van der Waals surface area (Å²) in [5.41, 5.74) is 7.43. The van der Waals surface area contributed by atoms with E-state index in [1.165, 1.54) is 19.3 Å². The number of piperidine rings is 1. The van der Waals surface area contributed by atoms with Gasteiger partial charge in [0.25, 0.3) is 0 Å². The van der Waals surface area contributed by atoms with Crippen LogP contribution in [-0.4, -0.2) is 57.3 Å². The van der Waals surface area contributed by atoms with Crippen molar-refractivity contribution >= 4 is 33.4 Å². The number of rotatable bonds is 4. The van der Waals surface area contributed by atoms with Crippen LogP contribution in [0.25, 0.3) is 44.6 Å². The molecule has 0 atom stereocenters. The van der Waals surface area contributed by atoms with Crippen LogP contribution in [0, 0.1) is 0 Å². The van der Waals surface area contributed by atoms with Crippen molar-refractivity contribution in [3.63, 3.8) is 0 Å². The zero-order valence-corrected chi connectivity index (χ0v) is 18.8. The van der Waals surface area contributed by atoms with Crippen LogP contribution < -0.4 is 9.80 Å². The number of fused-ring (bicyclic) bond motifs is 2. The summed E-state index contributed by atoms with van der Waals surface area (Å²) in [4.78, 5) is 22.1. The van der Waals surface area contributed by atoms with Crippen molar-refractivity contribution in [3.8, 4) is 22.6 Å². The molecule has 0 bridgehead atoms. The second-order valence-electron chi connectivity index (χ2n) is 8.82. The van der Waals surface area contributed by atoms with Crippen molar-refractivity contribution in [2.24, 2.45) is 0 Å². The van der Waals surface area contributed by atoms with E-state index in [-0.39, 0.29) is 0 Å². The molecule has 5 aromatic rings. The minimum absolute atomic E-state index is 0.810. The number of hydrogen-bond acceptors (Lipinski definition) is 6. The van der Waals surface area contributed by atoms with Crippen LogP contribution in [0.1, 0.15) is 19.3 Å². The lowest BCUT2D eigenvalue weighted by atomic mass is 10.1. The van der Waals surface area contributed by atoms with Gasteiger partial charge in [-0.1, -0.05) is 0 Å². The molecule has 0 aromatic carbocycles. The fraction of sp³-hybridized carbons (Fsp3) is 0.280. The highest BCUT2D eigenvalue weighted by Gasteiger charge is 2.19. The predicted molar refractivity (Wildman–Crippen MR) is 133 cm³/mol. The lowest BCUT2D eigenvalue weighted by Crippen LogP contribution is -2.30. The molecule has 0 unspecified atom stereocenters. The van der Waals surface area contributed by atoms with Gasteiger partial charge in [-0.25, -0.2) is 9.97 Å². The molecule has 1 saturated heterocycles. The van der Waals surface area contributed by atoms with Crippen molar-refractivity contribution in [1.82, 2.24) is 30.1 Å². The van der Waals surface area contributed by atoms with Gasteiger partial charge in [0, 0.05) is 50.5 Å². The molecular weight excluding hydrogens is 412 g/mol. The topological polar surface area (TPSA) is 89.6 Å². The van der Waals surface area contributed by atoms with Crippen LogP contribution >= 0.6 is 0 Å². The van der Waals surface area contributed by atoms with Gasteiger partial charge >= 0.3 is 0 Å². The van der Waals surface area contributed by atoms with E-state index < -0.39 is 0 Å². The normalized spacial score (nSPS) is 14.3. The van der Waals surface area contributed by atoms with Gasteiger partial charge in [-0.2, -0.15) is 5.10 Å². The monoisotopic (exact) mass is 438 g/mol. The number of nitrogens with zero attached hydrogens (tertiary/aromatic N) is 6. The van der Waals surface area contributed by atoms with Crippen molar-refractivity contribution < 1.29 is 0 Å². The Morgan fingerprint density at radius 3 is 2.70 bits per heavy atom. The first kappa shape index (κ1) is 19.7. The van der Waals surface area contributed by atoms with Gasteiger partial charge in [0.05, 0.1) is 34.3 Å². The molecule has 0 radical (unpaired) electrons. The Labute approximate surface area is 191 Å². The number of aromatic nitrogens is 6. The summed E-state index contributed by atoms with van der Waals surface area (Å²) in [7, 11) is 4.02. The van der Waals surface area contributed by atoms with Crippen molar-refractivity contribution in [1.29, 1.82) is 0 Å². The second-order valence-corrected chi connectivity index (χ2v) is 8.82. The van der Waals surface area contributed by atoms with Crippen LogP contribution in [0.4, 0.5) is 11.5 Å². The molecule has 33 heavy (non-hydrogen) atoms. The van der Waals surface area contributed by atoms with Crippen LogP contribution in [0.2, 0.25) is 0 Å². The van der Waals surface area contributed by atoms with Gasteiger partial charge < -0.3 is 14.8 Å². The van der Waals surface area contributed by atoms with Crippen LogP contribution in [-0.2, 0) is 0 Å². The molecule has 1 aliphatic rings. The first-order valence-electron chi connectivity index (χ1n) is 11.4. The Balaban J connectivity index is 1.44. The van der Waals surface area contributed by atoms with E-state index in [1.54, 1.807) is 0 Å². The Morgan fingerprint density at radius 1 is 0.970 bits per heavy atom. The molecule has 0 saturated carbocycles. The molecule has 166 valence electrons. The summed E-state index contributed by atoms with van der Waals surface area (Å²) in [6.45, 7) is 2.12. The number of nitrogens with one attached hydrogen (secondary N) is 2. The van der Waals surface area contributed by atoms with Crippen molar-refractivity contribution in [3.05, 3.63) is 48.9 Å². The maximum Gasteiger partial charge on any atom is 0.137 e. The number of H-pyrrole nitrogens is 2. The highest BCUT2D eigenvalue weighted by atomic mass is 15.2. The molecule has 1 fully saturated rings. The lowest BCUT2D eigenvalue weighted by molar-refractivity contribution is 0.575. The molecule has 2 N–H and O–H groups in total. The molecule has 0 aliphatic carbocycles. The molecular formula is C25H26N8. The van der Waals surface area contributed by atoms with E-state index in [9.17, 15) is 0 Å². The average Bonchev–Trinajstić information content (AvgIpc) is 3.48. The summed E-state index contributed by atoms with van der Waals surface area (Å²) < 4.78 is 0. The van der Waals surface area contributed by atoms with Gasteiger partial charge in [-0.05, 0) is 49.6 Å². The number of pyridine rings is 3. The van der Waals surface area contributed by atoms with Crippen molar-refractivity contribution in [2.45, 2.75) is 19.3 Å². The second kappa shape index (κ2) is 7.88. The summed E-state index contributed by atoms with van der Waals surface area (Å²) in [6.07, 6.45) is 9.32. The molecule has 8 heteroatoms. The van der Waals surface area contributed by atoms with Crippen molar-refractivity contribution in [2.75, 3.05) is 37.0 Å². The SMILES string of the molecule is CN(C)c1cncc(-c2ccc3[nH]nc(-c4cc5c(N6CCCCC6)nccc5[nH]4)c3n2)c1. The summed E-state index contributed by atoms with van der Waals surface area (Å²) in [5.74, 6) is 1.05. The summed E-state index contributed by atoms with van der Waals surface area (Å²) in [6, 6.07) is 10.3. The molecule has 6 rings (SSSR count). The standard InChI is InChI=1S/C25H26N8/c1-32(2)17-12-16(14-26-15-17)19-6-7-21-23(29-19)24(31-30-21)22-13-18-20(28-22)8-9-27-25(18)33-10-4-3-5-11-33/h6-9,12-15,28H,3-5,10-11H2,1-2H3,(H,30,31). The number of aromatic amines is 2. The zero-order chi connectivity index (χ0) is 22.4. The first-order valence-corrected chi connectivity index (χ1v) is 11.4. The maximum absolute atomic E-state index is 4.97. The third kappa shape index (κ3) is 3.47. The Morgan fingerprint density at radius 2 is 1.85 bits per heavy atom. The van der Waals surface area contributed by atoms with E-state index in [4.69, 9.17) is 9.97 Å². The lowest BCUT2D eigenvalue weighted by Gasteiger charge is -2.28. The molecule has 6 heterocycles. The van der Waals surface area contributed by atoms with Crippen LogP contribution in [0.3, 0.4) is 0 Å². The predicted octanol–water partition coefficient (Wildman–Crippen LogP) is 4.62. The van der Waals surface area contributed by atoms with Gasteiger partial charge in [-0.3, -0.25) is 10.1 Å². The largest absolute Gasteiger partial charge is 0.376 e. The summed E-state index contributed by atoms with van der Waals surface area (Å²) >= 11 is 0. The fourth-order valence-electron chi connectivity index (χ4n) is 4.58. The van der Waals surface area contributed by atoms with E-state index >= 15 is 0 Å². The third-order valence-electron chi connectivity index (χ3n) is 6.38. The van der Waals surface area contributed by atoms with Gasteiger partial charge in [0.15, 0.2) is 0 Å². The minimum atomic E-state index is 0.810. The van der Waals surface area contributed by atoms with Gasteiger partial charge in [0.2, 0.25) is 0 Å². The average molecular weight is 439 g/mol. The molecule has 0 amide bonds. The van der Waals surface area contributed by atoms with E-state index in [2.05, 4.69) is 37.2 Å². The summed E-state index contributed by atoms with van der Waals surface area (Å²) in [5, 5.41) is 8.87. The fourth-order valence-corrected chi connectivity index (χ4v) is 4.58. The van der Waals surface area contributed by atoms with E-state index in [0.717, 1.165) is 69.2 Å². The number of anilines is 2. The smallest absolute Gasteiger partial charge is 0.137 e. The minimum Gasteiger partial charge on any atom is -0.376 e. The third-order valence-corrected chi connectivity index (χ3v) is 6.38. The highest BCUT2D eigenvalue weighted by Crippen LogP contribution is 2.33. The van der Waals surface area contributed by atoms with Gasteiger partial charge in [0.1, 0.15) is 17.0 Å². The quantitative estimate of drug-likeness (QED) is 0.426. The Bertz CT molecular complexity index is 1440.